The molecule has 0 aliphatic carbocycles. The molecular formula is C40H35FN4OPd. The van der Waals surface area contributed by atoms with Crippen LogP contribution in [0.25, 0.3) is 44.4 Å². The fourth-order valence-electron chi connectivity index (χ4n) is 6.53. The summed E-state index contributed by atoms with van der Waals surface area (Å²) in [6.45, 7) is 10.7. The van der Waals surface area contributed by atoms with Gasteiger partial charge in [0.05, 0.1) is 5.69 Å². The number of hydrogen-bond donors (Lipinski definition) is 0. The fraction of sp³-hybridized carbons (Fsp3) is 0.200. The normalized spacial score (nSPS) is 11.3. The first-order valence-corrected chi connectivity index (χ1v) is 15.8. The number of nitrogens with zero attached hydrogens (tertiary/aromatic N) is 4. The molecule has 0 saturated heterocycles. The Morgan fingerprint density at radius 3 is 2.36 bits per heavy atom. The van der Waals surface area contributed by atoms with E-state index in [-0.39, 0.29) is 26.2 Å². The van der Waals surface area contributed by atoms with Crippen molar-refractivity contribution in [1.29, 1.82) is 0 Å². The number of hydrogen-bond acceptors (Lipinski definition) is 3. The second kappa shape index (κ2) is 13.3. The molecular weight excluding hydrogens is 678 g/mol. The Labute approximate surface area is 288 Å². The number of benzene rings is 4. The van der Waals surface area contributed by atoms with E-state index >= 15 is 0 Å². The van der Waals surface area contributed by atoms with Crippen LogP contribution >= 0.6 is 0 Å². The molecule has 0 fully saturated rings. The van der Waals surface area contributed by atoms with Crippen molar-refractivity contribution in [1.82, 2.24) is 19.3 Å². The second-order valence-corrected chi connectivity index (χ2v) is 11.9. The summed E-state index contributed by atoms with van der Waals surface area (Å²) in [5, 5.41) is 7.02. The predicted molar refractivity (Wildman–Crippen MR) is 183 cm³/mol. The number of rotatable bonds is 8. The molecule has 0 bridgehead atoms. The molecule has 3 heterocycles. The maximum absolute atomic E-state index is 14.3. The molecule has 7 rings (SSSR count). The summed E-state index contributed by atoms with van der Waals surface area (Å²) in [7, 11) is 0. The van der Waals surface area contributed by atoms with Crippen LogP contribution < -0.4 is 4.74 Å². The first kappa shape index (κ1) is 32.4. The van der Waals surface area contributed by atoms with Crippen LogP contribution in [0.4, 0.5) is 4.39 Å². The van der Waals surface area contributed by atoms with E-state index < -0.39 is 0 Å². The maximum Gasteiger partial charge on any atom is 2.00 e. The molecule has 0 aliphatic heterocycles. The molecule has 238 valence electrons. The molecule has 4 aromatic carbocycles. The van der Waals surface area contributed by atoms with Gasteiger partial charge in [-0.3, -0.25) is 4.68 Å². The van der Waals surface area contributed by atoms with E-state index in [0.29, 0.717) is 17.3 Å². The monoisotopic (exact) mass is 712 g/mol. The van der Waals surface area contributed by atoms with E-state index in [2.05, 4.69) is 88.1 Å². The Morgan fingerprint density at radius 2 is 1.60 bits per heavy atom. The van der Waals surface area contributed by atoms with Crippen LogP contribution in [-0.4, -0.2) is 19.3 Å². The molecule has 0 aliphatic rings. The molecule has 47 heavy (non-hydrogen) atoms. The van der Waals surface area contributed by atoms with Crippen LogP contribution in [0.15, 0.2) is 85.1 Å². The SMILES string of the molecule is CCCCc1cc(Oc2[c-]c3c(cc2)c2ccccc2n3-c2cc(F)ccn2)[c-]c(-n2nc(C)c(-c3c(C)cccc3C)c2C)c1.[Pd+2]. The van der Waals surface area contributed by atoms with Gasteiger partial charge in [0.15, 0.2) is 0 Å². The van der Waals surface area contributed by atoms with Crippen molar-refractivity contribution in [3.63, 3.8) is 0 Å². The van der Waals surface area contributed by atoms with Gasteiger partial charge >= 0.3 is 20.4 Å². The van der Waals surface area contributed by atoms with Crippen molar-refractivity contribution in [2.75, 3.05) is 0 Å². The summed E-state index contributed by atoms with van der Waals surface area (Å²) in [5.41, 5.74) is 10.6. The van der Waals surface area contributed by atoms with Crippen LogP contribution in [0.2, 0.25) is 0 Å². The standard InChI is InChI=1S/C40H35FN4O.Pd/c1-6-7-13-29-20-31(45-28(5)40(27(4)43-45)39-25(2)11-10-12-26(39)3)23-33(21-29)46-32-16-17-35-34-14-8-9-15-36(34)44(37(35)24-32)38-22-30(41)18-19-42-38;/h8-12,14-22H,6-7,13H2,1-5H3;/q-2;+2. The first-order chi connectivity index (χ1) is 22.3. The number of fused-ring (bicyclic) bond motifs is 3. The molecule has 0 N–H and O–H groups in total. The quantitative estimate of drug-likeness (QED) is 0.116. The van der Waals surface area contributed by atoms with E-state index in [0.717, 1.165) is 69.3 Å². The molecule has 0 saturated carbocycles. The molecule has 3 aromatic heterocycles. The number of unbranched alkanes of at least 4 members (excludes halogenated alkanes) is 1. The number of ether oxygens (including phenoxy) is 1. The van der Waals surface area contributed by atoms with E-state index in [1.807, 2.05) is 39.6 Å². The average molecular weight is 713 g/mol. The van der Waals surface area contributed by atoms with Gasteiger partial charge in [-0.1, -0.05) is 68.1 Å². The Balaban J connectivity index is 0.00000386. The number of aryl methyl sites for hydroxylation is 4. The topological polar surface area (TPSA) is 44.9 Å². The van der Waals surface area contributed by atoms with E-state index in [9.17, 15) is 4.39 Å². The zero-order valence-electron chi connectivity index (χ0n) is 27.1. The first-order valence-electron chi connectivity index (χ1n) is 15.8. The van der Waals surface area contributed by atoms with Crippen molar-refractivity contribution >= 4 is 21.8 Å². The van der Waals surface area contributed by atoms with Gasteiger partial charge in [0.1, 0.15) is 11.6 Å². The smallest absolute Gasteiger partial charge is 0.509 e. The summed E-state index contributed by atoms with van der Waals surface area (Å²) in [6.07, 6.45) is 4.55. The maximum atomic E-state index is 14.3. The van der Waals surface area contributed by atoms with Crippen LogP contribution in [0, 0.1) is 45.6 Å². The Morgan fingerprint density at radius 1 is 0.809 bits per heavy atom. The van der Waals surface area contributed by atoms with Gasteiger partial charge in [0, 0.05) is 40.5 Å². The summed E-state index contributed by atoms with van der Waals surface area (Å²) in [5.74, 6) is 1.26. The Hall–Kier alpha value is -4.57. The van der Waals surface area contributed by atoms with Crippen molar-refractivity contribution in [3.8, 4) is 34.1 Å². The van der Waals surface area contributed by atoms with Crippen molar-refractivity contribution in [3.05, 3.63) is 131 Å². The molecule has 7 heteroatoms. The summed E-state index contributed by atoms with van der Waals surface area (Å²) in [6, 6.07) is 32.4. The molecule has 0 radical (unpaired) electrons. The Bertz CT molecular complexity index is 2230. The van der Waals surface area contributed by atoms with Crippen molar-refractivity contribution in [2.24, 2.45) is 0 Å². The van der Waals surface area contributed by atoms with Crippen LogP contribution in [0.1, 0.15) is 47.8 Å². The predicted octanol–water partition coefficient (Wildman–Crippen LogP) is 10.1. The molecule has 0 amide bonds. The second-order valence-electron chi connectivity index (χ2n) is 11.9. The third kappa shape index (κ3) is 6.02. The zero-order valence-corrected chi connectivity index (χ0v) is 28.7. The van der Waals surface area contributed by atoms with E-state index in [1.165, 1.54) is 35.0 Å². The molecule has 0 unspecified atom stereocenters. The minimum Gasteiger partial charge on any atom is -0.509 e. The number of pyridine rings is 1. The number of para-hydroxylation sites is 1. The van der Waals surface area contributed by atoms with Gasteiger partial charge in [0.2, 0.25) is 0 Å². The summed E-state index contributed by atoms with van der Waals surface area (Å²) < 4.78 is 24.8. The third-order valence-corrected chi connectivity index (χ3v) is 8.67. The number of halogens is 1. The van der Waals surface area contributed by atoms with E-state index in [4.69, 9.17) is 9.84 Å². The molecule has 7 aromatic rings. The molecule has 0 atom stereocenters. The van der Waals surface area contributed by atoms with Crippen molar-refractivity contribution < 1.29 is 29.6 Å². The van der Waals surface area contributed by atoms with Gasteiger partial charge in [-0.05, 0) is 67.6 Å². The Kier molecular flexibility index (Phi) is 9.14. The van der Waals surface area contributed by atoms with Gasteiger partial charge in [-0.15, -0.1) is 35.7 Å². The minimum absolute atomic E-state index is 0. The summed E-state index contributed by atoms with van der Waals surface area (Å²) >= 11 is 0. The average Bonchev–Trinajstić information content (AvgIpc) is 3.53. The largest absolute Gasteiger partial charge is 2.00 e. The van der Waals surface area contributed by atoms with Gasteiger partial charge in [-0.2, -0.15) is 16.7 Å². The van der Waals surface area contributed by atoms with Crippen LogP contribution in [0.5, 0.6) is 11.5 Å². The van der Waals surface area contributed by atoms with Crippen LogP contribution in [-0.2, 0) is 26.8 Å². The fourth-order valence-corrected chi connectivity index (χ4v) is 6.53. The minimum atomic E-state index is -0.348. The third-order valence-electron chi connectivity index (χ3n) is 8.67. The number of aromatic nitrogens is 4. The molecule has 5 nitrogen and oxygen atoms in total. The molecule has 0 spiro atoms. The van der Waals surface area contributed by atoms with Gasteiger partial charge in [-0.25, -0.2) is 9.37 Å². The zero-order chi connectivity index (χ0) is 31.9. The van der Waals surface area contributed by atoms with Crippen molar-refractivity contribution in [2.45, 2.75) is 53.9 Å². The summed E-state index contributed by atoms with van der Waals surface area (Å²) in [4.78, 5) is 4.48. The van der Waals surface area contributed by atoms with E-state index in [1.54, 1.807) is 0 Å². The van der Waals surface area contributed by atoms with Gasteiger partial charge < -0.3 is 9.30 Å². The van der Waals surface area contributed by atoms with Gasteiger partial charge in [0.25, 0.3) is 0 Å². The van der Waals surface area contributed by atoms with Crippen LogP contribution in [0.3, 0.4) is 0 Å².